The number of nitrogens with zero attached hydrogens (tertiary/aromatic N) is 1. The predicted molar refractivity (Wildman–Crippen MR) is 129 cm³/mol. The summed E-state index contributed by atoms with van der Waals surface area (Å²) < 4.78 is 5.37. The monoisotopic (exact) mass is 472 g/mol. The van der Waals surface area contributed by atoms with E-state index in [0.29, 0.717) is 5.69 Å². The largest absolute Gasteiger partial charge is 0.454 e. The number of esters is 1. The summed E-state index contributed by atoms with van der Waals surface area (Å²) >= 11 is 0. The second-order valence-corrected chi connectivity index (χ2v) is 9.73. The lowest BCUT2D eigenvalue weighted by atomic mass is 9.85. The normalized spacial score (nSPS) is 25.0. The summed E-state index contributed by atoms with van der Waals surface area (Å²) in [5.41, 5.74) is 3.33. The first-order chi connectivity index (χ1) is 16.8. The van der Waals surface area contributed by atoms with Crippen LogP contribution in [0.5, 0.6) is 0 Å². The van der Waals surface area contributed by atoms with Gasteiger partial charge in [0.1, 0.15) is 6.04 Å². The maximum Gasteiger partial charge on any atom is 0.330 e. The lowest BCUT2D eigenvalue weighted by Gasteiger charge is -2.26. The third kappa shape index (κ3) is 4.27. The number of benzene rings is 2. The number of carbonyl (C=O) groups is 4. The van der Waals surface area contributed by atoms with Gasteiger partial charge in [0.25, 0.3) is 5.91 Å². The average Bonchev–Trinajstić information content (AvgIpc) is 3.53. The van der Waals surface area contributed by atoms with Gasteiger partial charge in [-0.25, -0.2) is 4.79 Å². The minimum Gasteiger partial charge on any atom is -0.454 e. The maximum absolute atomic E-state index is 13.4. The molecule has 7 nitrogen and oxygen atoms in total. The number of likely N-dealkylation sites (tertiary alicyclic amines) is 1. The number of nitrogens with one attached hydrogen (secondary N) is 1. The first kappa shape index (κ1) is 23.0. The van der Waals surface area contributed by atoms with Crippen LogP contribution in [0, 0.1) is 37.5 Å². The number of hydrogen-bond acceptors (Lipinski definition) is 5. The Morgan fingerprint density at radius 2 is 1.66 bits per heavy atom. The van der Waals surface area contributed by atoms with Gasteiger partial charge in [-0.3, -0.25) is 19.3 Å². The van der Waals surface area contributed by atoms with E-state index in [4.69, 9.17) is 4.74 Å². The molecule has 7 heteroatoms. The van der Waals surface area contributed by atoms with Crippen molar-refractivity contribution >= 4 is 29.4 Å². The van der Waals surface area contributed by atoms with Crippen LogP contribution in [0.1, 0.15) is 23.1 Å². The molecule has 1 aliphatic heterocycles. The van der Waals surface area contributed by atoms with E-state index in [1.807, 2.05) is 74.5 Å². The van der Waals surface area contributed by atoms with Crippen molar-refractivity contribution in [2.45, 2.75) is 32.7 Å². The second-order valence-electron chi connectivity index (χ2n) is 9.73. The van der Waals surface area contributed by atoms with Crippen LogP contribution in [0.3, 0.4) is 0 Å². The first-order valence-corrected chi connectivity index (χ1v) is 12.0. The maximum atomic E-state index is 13.4. The molecular formula is C28H28N2O5. The first-order valence-electron chi connectivity index (χ1n) is 12.0. The molecule has 5 rings (SSSR count). The molecule has 1 N–H and O–H groups in total. The van der Waals surface area contributed by atoms with E-state index in [9.17, 15) is 19.2 Å². The zero-order chi connectivity index (χ0) is 24.7. The number of imide groups is 1. The molecule has 2 bridgehead atoms. The molecule has 0 radical (unpaired) electrons. The van der Waals surface area contributed by atoms with Gasteiger partial charge in [-0.15, -0.1) is 0 Å². The molecule has 1 heterocycles. The van der Waals surface area contributed by atoms with Crippen LogP contribution in [-0.4, -0.2) is 41.2 Å². The van der Waals surface area contributed by atoms with Crippen molar-refractivity contribution in [3.05, 3.63) is 77.4 Å². The fraction of sp³-hybridized carbons (Fsp3) is 0.357. The zero-order valence-electron chi connectivity index (χ0n) is 19.8. The summed E-state index contributed by atoms with van der Waals surface area (Å²) in [5.74, 6) is -2.58. The van der Waals surface area contributed by atoms with Gasteiger partial charge in [0.05, 0.1) is 11.8 Å². The topological polar surface area (TPSA) is 92.8 Å². The SMILES string of the molecule is Cc1ccc(C)c(NC(=O)COC(=O)[C@H](Cc2ccccc2)N2C(=O)[C@@H]3[C@@H](C2=O)[C@H]2C=C[C@H]3C2)c1. The highest BCUT2D eigenvalue weighted by Crippen LogP contribution is 2.53. The van der Waals surface area contributed by atoms with Gasteiger partial charge in [0, 0.05) is 12.1 Å². The smallest absolute Gasteiger partial charge is 0.330 e. The molecular weight excluding hydrogens is 444 g/mol. The highest BCUT2D eigenvalue weighted by atomic mass is 16.5. The molecule has 3 aliphatic rings. The summed E-state index contributed by atoms with van der Waals surface area (Å²) in [6.07, 6.45) is 4.98. The minimum atomic E-state index is -1.11. The highest BCUT2D eigenvalue weighted by Gasteiger charge is 2.61. The Balaban J connectivity index is 1.32. The van der Waals surface area contributed by atoms with Gasteiger partial charge in [0.2, 0.25) is 11.8 Å². The Morgan fingerprint density at radius 3 is 2.31 bits per heavy atom. The third-order valence-corrected chi connectivity index (χ3v) is 7.37. The molecule has 35 heavy (non-hydrogen) atoms. The molecule has 5 atom stereocenters. The van der Waals surface area contributed by atoms with Gasteiger partial charge >= 0.3 is 5.97 Å². The number of amides is 3. The number of rotatable bonds is 7. The summed E-state index contributed by atoms with van der Waals surface area (Å²) in [7, 11) is 0. The molecule has 2 aromatic rings. The van der Waals surface area contributed by atoms with Crippen molar-refractivity contribution in [3.8, 4) is 0 Å². The van der Waals surface area contributed by atoms with Crippen LogP contribution in [-0.2, 0) is 30.3 Å². The number of ether oxygens (including phenoxy) is 1. The van der Waals surface area contributed by atoms with Crippen LogP contribution in [0.2, 0.25) is 0 Å². The van der Waals surface area contributed by atoms with Gasteiger partial charge in [-0.2, -0.15) is 0 Å². The standard InChI is InChI=1S/C28H28N2O5/c1-16-8-9-17(2)21(12-16)29-23(31)15-35-28(34)22(13-18-6-4-3-5-7-18)30-26(32)24-19-10-11-20(14-19)25(24)27(30)33/h3-12,19-20,22,24-25H,13-15H2,1-2H3,(H,29,31)/t19-,20-,22-,24-,25-/m0/s1. The van der Waals surface area contributed by atoms with Gasteiger partial charge in [-0.05, 0) is 54.9 Å². The van der Waals surface area contributed by atoms with E-state index in [1.54, 1.807) is 0 Å². The van der Waals surface area contributed by atoms with E-state index >= 15 is 0 Å². The summed E-state index contributed by atoms with van der Waals surface area (Å²) in [5, 5.41) is 2.76. The highest BCUT2D eigenvalue weighted by molar-refractivity contribution is 6.09. The van der Waals surface area contributed by atoms with Gasteiger partial charge in [-0.1, -0.05) is 54.6 Å². The van der Waals surface area contributed by atoms with E-state index < -0.39 is 36.4 Å². The minimum absolute atomic E-state index is 0.0446. The zero-order valence-corrected chi connectivity index (χ0v) is 19.8. The Labute approximate surface area is 204 Å². The molecule has 2 fully saturated rings. The lowest BCUT2D eigenvalue weighted by molar-refractivity contribution is -0.160. The van der Waals surface area contributed by atoms with Crippen molar-refractivity contribution < 1.29 is 23.9 Å². The van der Waals surface area contributed by atoms with Crippen molar-refractivity contribution in [1.82, 2.24) is 4.90 Å². The molecule has 1 saturated heterocycles. The van der Waals surface area contributed by atoms with Crippen molar-refractivity contribution in [3.63, 3.8) is 0 Å². The van der Waals surface area contributed by atoms with Crippen LogP contribution in [0.4, 0.5) is 5.69 Å². The Hall–Kier alpha value is -3.74. The molecule has 0 aromatic heterocycles. The predicted octanol–water partition coefficient (Wildman–Crippen LogP) is 3.20. The number of fused-ring (bicyclic) bond motifs is 5. The molecule has 180 valence electrons. The van der Waals surface area contributed by atoms with Crippen LogP contribution in [0.25, 0.3) is 0 Å². The lowest BCUT2D eigenvalue weighted by Crippen LogP contribution is -2.48. The second kappa shape index (κ2) is 9.13. The molecule has 1 saturated carbocycles. The Bertz CT molecular complexity index is 1190. The van der Waals surface area contributed by atoms with E-state index in [0.717, 1.165) is 28.0 Å². The van der Waals surface area contributed by atoms with Crippen LogP contribution >= 0.6 is 0 Å². The summed E-state index contributed by atoms with van der Waals surface area (Å²) in [4.78, 5) is 53.6. The Kier molecular flexibility index (Phi) is 6.01. The molecule has 2 aromatic carbocycles. The van der Waals surface area contributed by atoms with Crippen LogP contribution < -0.4 is 5.32 Å². The fourth-order valence-electron chi connectivity index (χ4n) is 5.64. The van der Waals surface area contributed by atoms with E-state index in [-0.39, 0.29) is 30.1 Å². The number of hydrogen-bond donors (Lipinski definition) is 1. The van der Waals surface area contributed by atoms with E-state index in [2.05, 4.69) is 5.32 Å². The summed E-state index contributed by atoms with van der Waals surface area (Å²) in [6.45, 7) is 3.29. The Morgan fingerprint density at radius 1 is 1.00 bits per heavy atom. The van der Waals surface area contributed by atoms with Gasteiger partial charge in [0.15, 0.2) is 6.61 Å². The quantitative estimate of drug-likeness (QED) is 0.380. The fourth-order valence-corrected chi connectivity index (χ4v) is 5.64. The third-order valence-electron chi connectivity index (χ3n) is 7.37. The number of carbonyl (C=O) groups excluding carboxylic acids is 4. The molecule has 0 unspecified atom stereocenters. The number of aryl methyl sites for hydroxylation is 2. The molecule has 0 spiro atoms. The van der Waals surface area contributed by atoms with Crippen molar-refractivity contribution in [2.24, 2.45) is 23.7 Å². The average molecular weight is 473 g/mol. The van der Waals surface area contributed by atoms with Gasteiger partial charge < -0.3 is 10.1 Å². The number of allylic oxidation sites excluding steroid dienone is 2. The van der Waals surface area contributed by atoms with Crippen LogP contribution in [0.15, 0.2) is 60.7 Å². The van der Waals surface area contributed by atoms with E-state index in [1.165, 1.54) is 0 Å². The number of anilines is 1. The van der Waals surface area contributed by atoms with Crippen molar-refractivity contribution in [1.29, 1.82) is 0 Å². The molecule has 3 amide bonds. The van der Waals surface area contributed by atoms with Crippen molar-refractivity contribution in [2.75, 3.05) is 11.9 Å². The molecule has 2 aliphatic carbocycles. The summed E-state index contributed by atoms with van der Waals surface area (Å²) in [6, 6.07) is 13.8.